The summed E-state index contributed by atoms with van der Waals surface area (Å²) >= 11 is 17.5. The van der Waals surface area contributed by atoms with Crippen molar-refractivity contribution in [2.45, 2.75) is 6.61 Å². The van der Waals surface area contributed by atoms with Crippen molar-refractivity contribution in [3.05, 3.63) is 51.5 Å². The molecule has 2 aromatic carbocycles. The lowest BCUT2D eigenvalue weighted by atomic mass is 10.3. The van der Waals surface area contributed by atoms with E-state index >= 15 is 0 Å². The number of ether oxygens (including phenoxy) is 3. The maximum atomic E-state index is 12.3. The van der Waals surface area contributed by atoms with Gasteiger partial charge in [0, 0.05) is 6.07 Å². The summed E-state index contributed by atoms with van der Waals surface area (Å²) in [6, 6.07) is 8.24. The number of benzene rings is 2. The lowest BCUT2D eigenvalue weighted by Gasteiger charge is -2.12. The Labute approximate surface area is 173 Å². The number of alkyl halides is 2. The molecule has 0 aliphatic heterocycles. The minimum Gasteiger partial charge on any atom is -0.480 e. The summed E-state index contributed by atoms with van der Waals surface area (Å²) in [5, 5.41) is 2.83. The fourth-order valence-corrected chi connectivity index (χ4v) is 2.49. The molecular weight excluding hydrogens is 443 g/mol. The quantitative estimate of drug-likeness (QED) is 0.458. The molecule has 0 aromatic heterocycles. The Bertz CT molecular complexity index is 867. The number of carbonyl (C=O) groups excluding carboxylic acids is 2. The number of halogens is 5. The van der Waals surface area contributed by atoms with Crippen LogP contribution in [0, 0.1) is 0 Å². The van der Waals surface area contributed by atoms with Crippen LogP contribution in [-0.4, -0.2) is 31.7 Å². The van der Waals surface area contributed by atoms with Crippen LogP contribution in [0.25, 0.3) is 0 Å². The first-order chi connectivity index (χ1) is 13.3. The van der Waals surface area contributed by atoms with Gasteiger partial charge in [0.2, 0.25) is 0 Å². The minimum atomic E-state index is -3.05. The highest BCUT2D eigenvalue weighted by atomic mass is 35.5. The zero-order valence-electron chi connectivity index (χ0n) is 13.9. The molecule has 0 saturated heterocycles. The maximum absolute atomic E-state index is 12.3. The van der Waals surface area contributed by atoms with Crippen molar-refractivity contribution in [2.75, 3.05) is 18.5 Å². The lowest BCUT2D eigenvalue weighted by Crippen LogP contribution is -2.24. The average Bonchev–Trinajstić information content (AvgIpc) is 2.63. The largest absolute Gasteiger partial charge is 0.480 e. The van der Waals surface area contributed by atoms with Crippen LogP contribution < -0.4 is 14.8 Å². The molecule has 0 heterocycles. The van der Waals surface area contributed by atoms with E-state index in [1.807, 2.05) is 0 Å². The second-order valence-electron chi connectivity index (χ2n) is 5.07. The first-order valence-electron chi connectivity index (χ1n) is 7.53. The third kappa shape index (κ3) is 6.70. The first kappa shape index (κ1) is 22.0. The summed E-state index contributed by atoms with van der Waals surface area (Å²) in [4.78, 5) is 23.5. The van der Waals surface area contributed by atoms with Gasteiger partial charge in [-0.25, -0.2) is 4.79 Å². The van der Waals surface area contributed by atoms with E-state index in [0.29, 0.717) is 0 Å². The molecule has 0 radical (unpaired) electrons. The second kappa shape index (κ2) is 10.3. The molecule has 0 unspecified atom stereocenters. The smallest absolute Gasteiger partial charge is 0.387 e. The van der Waals surface area contributed by atoms with Gasteiger partial charge < -0.3 is 19.5 Å². The number of rotatable bonds is 8. The molecule has 0 spiro atoms. The van der Waals surface area contributed by atoms with Crippen LogP contribution in [0.1, 0.15) is 0 Å². The number of hydrogen-bond acceptors (Lipinski definition) is 5. The fraction of sp³-hybridized carbons (Fsp3) is 0.176. The summed E-state index contributed by atoms with van der Waals surface area (Å²) in [6.45, 7) is -4.27. The summed E-state index contributed by atoms with van der Waals surface area (Å²) < 4.78 is 38.9. The van der Waals surface area contributed by atoms with Gasteiger partial charge in [-0.2, -0.15) is 8.78 Å². The van der Waals surface area contributed by atoms with Gasteiger partial charge in [-0.15, -0.1) is 0 Å². The van der Waals surface area contributed by atoms with Crippen molar-refractivity contribution in [1.82, 2.24) is 0 Å². The minimum absolute atomic E-state index is 0.00249. The molecule has 28 heavy (non-hydrogen) atoms. The molecule has 6 nitrogen and oxygen atoms in total. The normalized spacial score (nSPS) is 10.5. The summed E-state index contributed by atoms with van der Waals surface area (Å²) in [7, 11) is 0. The molecule has 0 fully saturated rings. The second-order valence-corrected chi connectivity index (χ2v) is 6.29. The van der Waals surface area contributed by atoms with Crippen molar-refractivity contribution < 1.29 is 32.6 Å². The molecule has 2 aromatic rings. The summed E-state index contributed by atoms with van der Waals surface area (Å²) in [5.41, 5.74) is 0.00249. The van der Waals surface area contributed by atoms with Crippen molar-refractivity contribution in [2.24, 2.45) is 0 Å². The van der Waals surface area contributed by atoms with Crippen LogP contribution in [0.5, 0.6) is 11.5 Å². The van der Waals surface area contributed by atoms with Crippen LogP contribution >= 0.6 is 34.8 Å². The van der Waals surface area contributed by atoms with E-state index in [-0.39, 0.29) is 32.3 Å². The van der Waals surface area contributed by atoms with Crippen LogP contribution in [0.15, 0.2) is 36.4 Å². The maximum Gasteiger partial charge on any atom is 0.387 e. The molecule has 0 aliphatic rings. The van der Waals surface area contributed by atoms with Crippen LogP contribution in [0.3, 0.4) is 0 Å². The Balaban J connectivity index is 1.83. The Morgan fingerprint density at radius 2 is 1.64 bits per heavy atom. The molecule has 1 amide bonds. The Morgan fingerprint density at radius 1 is 0.964 bits per heavy atom. The number of anilines is 1. The van der Waals surface area contributed by atoms with Crippen molar-refractivity contribution in [1.29, 1.82) is 0 Å². The number of para-hydroxylation sites is 2. The molecule has 0 aliphatic carbocycles. The monoisotopic (exact) mass is 453 g/mol. The number of nitrogens with one attached hydrogen (secondary N) is 1. The third-order valence-corrected chi connectivity index (χ3v) is 4.08. The van der Waals surface area contributed by atoms with E-state index in [4.69, 9.17) is 44.3 Å². The SMILES string of the molecule is O=C(COC(=O)COc1cc(Cl)c(Cl)cc1Cl)Nc1ccccc1OC(F)F. The number of carbonyl (C=O) groups is 2. The van der Waals surface area contributed by atoms with Gasteiger partial charge in [0.25, 0.3) is 5.91 Å². The number of hydrogen-bond donors (Lipinski definition) is 1. The van der Waals surface area contributed by atoms with Gasteiger partial charge in [0.1, 0.15) is 11.5 Å². The highest BCUT2D eigenvalue weighted by Gasteiger charge is 2.14. The highest BCUT2D eigenvalue weighted by molar-refractivity contribution is 6.43. The number of esters is 1. The van der Waals surface area contributed by atoms with E-state index in [2.05, 4.69) is 10.1 Å². The highest BCUT2D eigenvalue weighted by Crippen LogP contribution is 2.33. The van der Waals surface area contributed by atoms with Gasteiger partial charge in [0.05, 0.1) is 20.8 Å². The van der Waals surface area contributed by atoms with Crippen molar-refractivity contribution in [3.8, 4) is 11.5 Å². The molecule has 0 saturated carbocycles. The molecule has 2 rings (SSSR count). The first-order valence-corrected chi connectivity index (χ1v) is 8.66. The summed E-state index contributed by atoms with van der Waals surface area (Å²) in [5.74, 6) is -1.74. The average molecular weight is 455 g/mol. The van der Waals surface area contributed by atoms with E-state index in [1.165, 1.54) is 36.4 Å². The van der Waals surface area contributed by atoms with E-state index in [1.54, 1.807) is 0 Å². The Kier molecular flexibility index (Phi) is 8.10. The van der Waals surface area contributed by atoms with E-state index in [0.717, 1.165) is 0 Å². The zero-order valence-corrected chi connectivity index (χ0v) is 16.2. The van der Waals surface area contributed by atoms with Gasteiger partial charge in [0.15, 0.2) is 13.2 Å². The van der Waals surface area contributed by atoms with Gasteiger partial charge in [-0.3, -0.25) is 4.79 Å². The molecule has 1 N–H and O–H groups in total. The molecule has 150 valence electrons. The molecule has 0 atom stereocenters. The van der Waals surface area contributed by atoms with Crippen LogP contribution in [0.2, 0.25) is 15.1 Å². The zero-order chi connectivity index (χ0) is 20.7. The molecule has 0 bridgehead atoms. The van der Waals surface area contributed by atoms with Crippen LogP contribution in [0.4, 0.5) is 14.5 Å². The fourth-order valence-electron chi connectivity index (χ4n) is 1.89. The van der Waals surface area contributed by atoms with Crippen LogP contribution in [-0.2, 0) is 14.3 Å². The van der Waals surface area contributed by atoms with Crippen molar-refractivity contribution in [3.63, 3.8) is 0 Å². The van der Waals surface area contributed by atoms with Crippen molar-refractivity contribution >= 4 is 52.4 Å². The topological polar surface area (TPSA) is 73.9 Å². The predicted octanol–water partition coefficient (Wildman–Crippen LogP) is 4.81. The third-order valence-electron chi connectivity index (χ3n) is 3.06. The molecular formula is C17H12Cl3F2NO5. The lowest BCUT2D eigenvalue weighted by molar-refractivity contribution is -0.149. The molecule has 11 heteroatoms. The van der Waals surface area contributed by atoms with Gasteiger partial charge in [-0.1, -0.05) is 46.9 Å². The summed E-state index contributed by atoms with van der Waals surface area (Å²) in [6.07, 6.45) is 0. The Morgan fingerprint density at radius 3 is 2.36 bits per heavy atom. The predicted molar refractivity (Wildman–Crippen MR) is 99.6 cm³/mol. The van der Waals surface area contributed by atoms with Gasteiger partial charge in [-0.05, 0) is 18.2 Å². The standard InChI is InChI=1S/C17H12Cl3F2NO5/c18-9-5-11(20)14(6-10(9)19)26-8-16(25)27-7-15(24)23-12-3-1-2-4-13(12)28-17(21)22/h1-6,17H,7-8H2,(H,23,24). The van der Waals surface area contributed by atoms with E-state index in [9.17, 15) is 18.4 Å². The van der Waals surface area contributed by atoms with E-state index < -0.39 is 31.7 Å². The number of amides is 1. The van der Waals surface area contributed by atoms with Gasteiger partial charge >= 0.3 is 12.6 Å². The Hall–Kier alpha value is -2.29.